The summed E-state index contributed by atoms with van der Waals surface area (Å²) in [7, 11) is 1.22. The number of ether oxygens (including phenoxy) is 2. The monoisotopic (exact) mass is 329 g/mol. The average Bonchev–Trinajstić information content (AvgIpc) is 2.49. The number of nitrogens with one attached hydrogen (secondary N) is 1. The van der Waals surface area contributed by atoms with Gasteiger partial charge in [0.05, 0.1) is 12.8 Å². The molecule has 0 atom stereocenters. The molecule has 0 fully saturated rings. The number of alkyl halides is 2. The molecule has 0 bridgehead atoms. The fourth-order valence-corrected chi connectivity index (χ4v) is 1.79. The molecule has 1 N–H and O–H groups in total. The second-order valence-corrected chi connectivity index (χ2v) is 4.32. The van der Waals surface area contributed by atoms with Crippen molar-refractivity contribution in [2.24, 2.45) is 0 Å². The molecule has 0 aromatic heterocycles. The number of hydrogen-bond donors (Lipinski definition) is 1. The first kappa shape index (κ1) is 16.6. The highest BCUT2D eigenvalue weighted by molar-refractivity contribution is 6.04. The van der Waals surface area contributed by atoms with Crippen molar-refractivity contribution in [3.8, 4) is 11.5 Å². The van der Waals surface area contributed by atoms with Gasteiger partial charge in [0, 0.05) is 11.6 Å². The first-order chi connectivity index (χ1) is 10.9. The maximum atomic E-state index is 13.5. The lowest BCUT2D eigenvalue weighted by molar-refractivity contribution is -0.0512. The second-order valence-electron chi connectivity index (χ2n) is 4.32. The van der Waals surface area contributed by atoms with Crippen molar-refractivity contribution in [3.63, 3.8) is 0 Å². The maximum Gasteiger partial charge on any atom is 0.387 e. The summed E-state index contributed by atoms with van der Waals surface area (Å²) < 4.78 is 59.9. The van der Waals surface area contributed by atoms with E-state index < -0.39 is 24.2 Å². The Labute approximate surface area is 128 Å². The number of anilines is 1. The number of rotatable bonds is 5. The summed E-state index contributed by atoms with van der Waals surface area (Å²) in [6.07, 6.45) is 0. The predicted molar refractivity (Wildman–Crippen MR) is 73.9 cm³/mol. The molecule has 0 aliphatic heterocycles. The molecule has 122 valence electrons. The summed E-state index contributed by atoms with van der Waals surface area (Å²) in [5.41, 5.74) is -0.199. The van der Waals surface area contributed by atoms with Gasteiger partial charge in [0.2, 0.25) is 0 Å². The smallest absolute Gasteiger partial charge is 0.387 e. The highest BCUT2D eigenvalue weighted by Gasteiger charge is 2.15. The third kappa shape index (κ3) is 4.12. The average molecular weight is 329 g/mol. The fraction of sp³-hybridized carbons (Fsp3) is 0.133. The molecule has 0 aliphatic rings. The highest BCUT2D eigenvalue weighted by atomic mass is 19.3. The Morgan fingerprint density at radius 1 is 1.09 bits per heavy atom. The van der Waals surface area contributed by atoms with Crippen LogP contribution >= 0.6 is 0 Å². The SMILES string of the molecule is COc1cc(C(=O)Nc2ccc(F)cc2F)ccc1OC(F)F. The second kappa shape index (κ2) is 6.99. The minimum Gasteiger partial charge on any atom is -0.493 e. The summed E-state index contributed by atoms with van der Waals surface area (Å²) in [4.78, 5) is 12.0. The van der Waals surface area contributed by atoms with Crippen molar-refractivity contribution in [1.29, 1.82) is 0 Å². The normalized spacial score (nSPS) is 10.5. The Hall–Kier alpha value is -2.77. The van der Waals surface area contributed by atoms with Crippen LogP contribution in [-0.2, 0) is 0 Å². The fourth-order valence-electron chi connectivity index (χ4n) is 1.79. The van der Waals surface area contributed by atoms with Gasteiger partial charge in [-0.1, -0.05) is 0 Å². The van der Waals surface area contributed by atoms with Crippen molar-refractivity contribution in [3.05, 3.63) is 53.6 Å². The Morgan fingerprint density at radius 2 is 1.83 bits per heavy atom. The first-order valence-electron chi connectivity index (χ1n) is 6.30. The zero-order valence-electron chi connectivity index (χ0n) is 11.8. The number of carbonyl (C=O) groups excluding carboxylic acids is 1. The molecule has 0 saturated heterocycles. The van der Waals surface area contributed by atoms with E-state index in [4.69, 9.17) is 4.74 Å². The van der Waals surface area contributed by atoms with E-state index in [0.717, 1.165) is 24.3 Å². The Kier molecular flexibility index (Phi) is 5.05. The van der Waals surface area contributed by atoms with Crippen molar-refractivity contribution < 1.29 is 31.8 Å². The molecular formula is C15H11F4NO3. The van der Waals surface area contributed by atoms with Crippen LogP contribution in [0.3, 0.4) is 0 Å². The van der Waals surface area contributed by atoms with Crippen LogP contribution in [0.5, 0.6) is 11.5 Å². The van der Waals surface area contributed by atoms with Gasteiger partial charge < -0.3 is 14.8 Å². The van der Waals surface area contributed by atoms with Crippen molar-refractivity contribution in [2.75, 3.05) is 12.4 Å². The molecule has 0 aliphatic carbocycles. The lowest BCUT2D eigenvalue weighted by Gasteiger charge is -2.12. The van der Waals surface area contributed by atoms with E-state index in [1.807, 2.05) is 0 Å². The summed E-state index contributed by atoms with van der Waals surface area (Å²) >= 11 is 0. The van der Waals surface area contributed by atoms with Crippen LogP contribution in [0.4, 0.5) is 23.2 Å². The standard InChI is InChI=1S/C15H11F4NO3/c1-22-13-6-8(2-5-12(13)23-15(18)19)14(21)20-11-4-3-9(16)7-10(11)17/h2-7,15H,1H3,(H,20,21). The Bertz CT molecular complexity index is 722. The van der Waals surface area contributed by atoms with Crippen LogP contribution in [0.2, 0.25) is 0 Å². The molecule has 2 aromatic carbocycles. The maximum absolute atomic E-state index is 13.5. The topological polar surface area (TPSA) is 47.6 Å². The van der Waals surface area contributed by atoms with Crippen molar-refractivity contribution in [1.82, 2.24) is 0 Å². The molecule has 0 radical (unpaired) electrons. The predicted octanol–water partition coefficient (Wildman–Crippen LogP) is 3.83. The third-order valence-corrected chi connectivity index (χ3v) is 2.82. The summed E-state index contributed by atoms with van der Waals surface area (Å²) in [6, 6.07) is 6.16. The molecule has 0 unspecified atom stereocenters. The van der Waals surface area contributed by atoms with Crippen LogP contribution in [-0.4, -0.2) is 19.6 Å². The van der Waals surface area contributed by atoms with Gasteiger partial charge in [0.15, 0.2) is 11.5 Å². The first-order valence-corrected chi connectivity index (χ1v) is 6.30. The van der Waals surface area contributed by atoms with Gasteiger partial charge >= 0.3 is 6.61 Å². The lowest BCUT2D eigenvalue weighted by atomic mass is 10.1. The molecule has 2 rings (SSSR count). The molecule has 1 amide bonds. The van der Waals surface area contributed by atoms with E-state index in [2.05, 4.69) is 10.1 Å². The summed E-state index contributed by atoms with van der Waals surface area (Å²) in [5, 5.41) is 2.24. The van der Waals surface area contributed by atoms with E-state index >= 15 is 0 Å². The van der Waals surface area contributed by atoms with Gasteiger partial charge in [-0.05, 0) is 30.3 Å². The van der Waals surface area contributed by atoms with Crippen LogP contribution < -0.4 is 14.8 Å². The van der Waals surface area contributed by atoms with Crippen molar-refractivity contribution >= 4 is 11.6 Å². The lowest BCUT2D eigenvalue weighted by Crippen LogP contribution is -2.13. The van der Waals surface area contributed by atoms with E-state index in [0.29, 0.717) is 6.07 Å². The summed E-state index contributed by atoms with van der Waals surface area (Å²) in [6.45, 7) is -3.04. The van der Waals surface area contributed by atoms with Gasteiger partial charge in [0.25, 0.3) is 5.91 Å². The molecule has 2 aromatic rings. The molecular weight excluding hydrogens is 318 g/mol. The molecule has 0 spiro atoms. The third-order valence-electron chi connectivity index (χ3n) is 2.82. The van der Waals surface area contributed by atoms with Crippen LogP contribution in [0, 0.1) is 11.6 Å². The number of hydrogen-bond acceptors (Lipinski definition) is 3. The van der Waals surface area contributed by atoms with Crippen molar-refractivity contribution in [2.45, 2.75) is 6.61 Å². The summed E-state index contributed by atoms with van der Waals surface area (Å²) in [5.74, 6) is -2.78. The van der Waals surface area contributed by atoms with Gasteiger partial charge in [-0.25, -0.2) is 8.78 Å². The molecule has 8 heteroatoms. The van der Waals surface area contributed by atoms with Crippen LogP contribution in [0.15, 0.2) is 36.4 Å². The minimum atomic E-state index is -3.04. The van der Waals surface area contributed by atoms with E-state index in [1.54, 1.807) is 0 Å². The largest absolute Gasteiger partial charge is 0.493 e. The zero-order chi connectivity index (χ0) is 17.0. The molecule has 0 saturated carbocycles. The quantitative estimate of drug-likeness (QED) is 0.848. The Morgan fingerprint density at radius 3 is 2.43 bits per heavy atom. The van der Waals surface area contributed by atoms with Gasteiger partial charge in [-0.15, -0.1) is 0 Å². The van der Waals surface area contributed by atoms with Gasteiger partial charge in [-0.3, -0.25) is 4.79 Å². The van der Waals surface area contributed by atoms with E-state index in [9.17, 15) is 22.4 Å². The van der Waals surface area contributed by atoms with E-state index in [-0.39, 0.29) is 22.7 Å². The molecule has 23 heavy (non-hydrogen) atoms. The molecule has 0 heterocycles. The van der Waals surface area contributed by atoms with E-state index in [1.165, 1.54) is 13.2 Å². The highest BCUT2D eigenvalue weighted by Crippen LogP contribution is 2.29. The van der Waals surface area contributed by atoms with Gasteiger partial charge in [-0.2, -0.15) is 8.78 Å². The van der Waals surface area contributed by atoms with Crippen LogP contribution in [0.1, 0.15) is 10.4 Å². The molecule has 4 nitrogen and oxygen atoms in total. The number of amides is 1. The number of methoxy groups -OCH3 is 1. The number of benzene rings is 2. The van der Waals surface area contributed by atoms with Gasteiger partial charge in [0.1, 0.15) is 11.6 Å². The number of carbonyl (C=O) groups is 1. The Balaban J connectivity index is 2.22. The number of halogens is 4. The van der Waals surface area contributed by atoms with Crippen LogP contribution in [0.25, 0.3) is 0 Å². The minimum absolute atomic E-state index is 0.0205. The zero-order valence-corrected chi connectivity index (χ0v) is 11.8.